The first-order valence-electron chi connectivity index (χ1n) is 5.90. The van der Waals surface area contributed by atoms with Crippen molar-refractivity contribution in [2.24, 2.45) is 0 Å². The Balaban J connectivity index is 2.39. The van der Waals surface area contributed by atoms with Crippen LogP contribution in [0.5, 0.6) is 0 Å². The number of benzene rings is 1. The van der Waals surface area contributed by atoms with E-state index >= 15 is 0 Å². The Morgan fingerprint density at radius 3 is 2.67 bits per heavy atom. The molecule has 0 aliphatic carbocycles. The van der Waals surface area contributed by atoms with Crippen LogP contribution in [-0.2, 0) is 12.7 Å². The Kier molecular flexibility index (Phi) is 5.96. The third-order valence-electron chi connectivity index (χ3n) is 2.54. The zero-order valence-corrected chi connectivity index (χ0v) is 11.0. The summed E-state index contributed by atoms with van der Waals surface area (Å²) in [4.78, 5) is 0. The van der Waals surface area contributed by atoms with Gasteiger partial charge >= 0.3 is 6.18 Å². The molecule has 1 nitrogen and oxygen atoms in total. The van der Waals surface area contributed by atoms with Crippen LogP contribution in [-0.4, -0.2) is 11.9 Å². The van der Waals surface area contributed by atoms with E-state index in [9.17, 15) is 13.2 Å². The molecule has 0 aliphatic heterocycles. The number of nitrogens with one attached hydrogen (secondary N) is 1. The molecule has 102 valence electrons. The van der Waals surface area contributed by atoms with Gasteiger partial charge in [0.1, 0.15) is 0 Å². The minimum atomic E-state index is -4.27. The Morgan fingerprint density at radius 2 is 2.06 bits per heavy atom. The van der Waals surface area contributed by atoms with Crippen molar-refractivity contribution in [3.05, 3.63) is 35.4 Å². The molecule has 0 aromatic heterocycles. The summed E-state index contributed by atoms with van der Waals surface area (Å²) in [6, 6.07) is 5.38. The van der Waals surface area contributed by atoms with E-state index in [0.717, 1.165) is 25.5 Å². The molecule has 0 saturated carbocycles. The lowest BCUT2D eigenvalue weighted by atomic mass is 10.1. The molecule has 0 spiro atoms. The van der Waals surface area contributed by atoms with Crippen LogP contribution in [0.25, 0.3) is 0 Å². The number of halogens is 4. The molecule has 1 rings (SSSR count). The van der Waals surface area contributed by atoms with Crippen LogP contribution in [0.2, 0.25) is 0 Å². The maximum atomic E-state index is 12.5. The zero-order valence-electron chi connectivity index (χ0n) is 10.2. The topological polar surface area (TPSA) is 12.0 Å². The molecule has 18 heavy (non-hydrogen) atoms. The molecule has 0 amide bonds. The van der Waals surface area contributed by atoms with E-state index in [1.165, 1.54) is 12.1 Å². The van der Waals surface area contributed by atoms with E-state index in [0.29, 0.717) is 12.1 Å². The van der Waals surface area contributed by atoms with Gasteiger partial charge in [0.25, 0.3) is 0 Å². The van der Waals surface area contributed by atoms with Crippen LogP contribution in [0.4, 0.5) is 13.2 Å². The average molecular weight is 280 g/mol. The molecule has 5 heteroatoms. The van der Waals surface area contributed by atoms with Crippen LogP contribution < -0.4 is 5.32 Å². The molecule has 1 aromatic rings. The molecule has 1 N–H and O–H groups in total. The van der Waals surface area contributed by atoms with Crippen molar-refractivity contribution in [3.8, 4) is 0 Å². The van der Waals surface area contributed by atoms with Crippen molar-refractivity contribution >= 4 is 11.6 Å². The van der Waals surface area contributed by atoms with Gasteiger partial charge in [0, 0.05) is 11.9 Å². The molecule has 0 heterocycles. The maximum Gasteiger partial charge on any atom is 0.416 e. The molecular formula is C13H17ClF3N. The van der Waals surface area contributed by atoms with Gasteiger partial charge in [-0.15, -0.1) is 11.6 Å². The molecule has 0 aliphatic rings. The Hall–Kier alpha value is -0.740. The van der Waals surface area contributed by atoms with Gasteiger partial charge in [0.15, 0.2) is 0 Å². The fraction of sp³-hybridized carbons (Fsp3) is 0.538. The smallest absolute Gasteiger partial charge is 0.313 e. The van der Waals surface area contributed by atoms with Gasteiger partial charge in [-0.1, -0.05) is 18.2 Å². The average Bonchev–Trinajstić information content (AvgIpc) is 2.27. The van der Waals surface area contributed by atoms with Crippen LogP contribution >= 0.6 is 11.6 Å². The predicted octanol–water partition coefficient (Wildman–Crippen LogP) is 4.20. The fourth-order valence-electron chi connectivity index (χ4n) is 1.60. The van der Waals surface area contributed by atoms with E-state index in [2.05, 4.69) is 5.32 Å². The van der Waals surface area contributed by atoms with E-state index in [4.69, 9.17) is 11.6 Å². The molecule has 1 aromatic carbocycles. The largest absolute Gasteiger partial charge is 0.416 e. The normalized spacial score (nSPS) is 13.6. The molecular weight excluding hydrogens is 263 g/mol. The number of rotatable bonds is 6. The minimum Gasteiger partial charge on any atom is -0.313 e. The lowest BCUT2D eigenvalue weighted by Gasteiger charge is -2.09. The first-order chi connectivity index (χ1) is 8.39. The highest BCUT2D eigenvalue weighted by molar-refractivity contribution is 6.20. The lowest BCUT2D eigenvalue weighted by Crippen LogP contribution is -2.16. The van der Waals surface area contributed by atoms with Gasteiger partial charge in [0.05, 0.1) is 5.56 Å². The minimum absolute atomic E-state index is 0.139. The first kappa shape index (κ1) is 15.3. The summed E-state index contributed by atoms with van der Waals surface area (Å²) in [5.41, 5.74) is 0.0416. The molecule has 0 radical (unpaired) electrons. The van der Waals surface area contributed by atoms with Gasteiger partial charge < -0.3 is 5.32 Å². The monoisotopic (exact) mass is 279 g/mol. The summed E-state index contributed by atoms with van der Waals surface area (Å²) in [6.07, 6.45) is -2.45. The van der Waals surface area contributed by atoms with Crippen LogP contribution in [0.3, 0.4) is 0 Å². The molecule has 0 saturated heterocycles. The van der Waals surface area contributed by atoms with E-state index < -0.39 is 11.7 Å². The van der Waals surface area contributed by atoms with E-state index in [1.54, 1.807) is 6.07 Å². The summed E-state index contributed by atoms with van der Waals surface area (Å²) in [5, 5.41) is 3.25. The Labute approximate surface area is 110 Å². The van der Waals surface area contributed by atoms with Crippen molar-refractivity contribution in [3.63, 3.8) is 0 Å². The van der Waals surface area contributed by atoms with Gasteiger partial charge in [0.2, 0.25) is 0 Å². The van der Waals surface area contributed by atoms with Crippen LogP contribution in [0.15, 0.2) is 24.3 Å². The Morgan fingerprint density at radius 1 is 1.33 bits per heavy atom. The number of hydrogen-bond donors (Lipinski definition) is 1. The number of hydrogen-bond acceptors (Lipinski definition) is 1. The highest BCUT2D eigenvalue weighted by atomic mass is 35.5. The fourth-order valence-corrected chi connectivity index (χ4v) is 1.75. The maximum absolute atomic E-state index is 12.5. The van der Waals surface area contributed by atoms with Crippen molar-refractivity contribution in [1.82, 2.24) is 5.32 Å². The Bertz CT molecular complexity index is 363. The lowest BCUT2D eigenvalue weighted by molar-refractivity contribution is -0.137. The van der Waals surface area contributed by atoms with Gasteiger partial charge in [-0.25, -0.2) is 0 Å². The summed E-state index contributed by atoms with van der Waals surface area (Å²) >= 11 is 5.79. The second-order valence-corrected chi connectivity index (χ2v) is 5.04. The SMILES string of the molecule is CC(Cl)CCCNCc1cccc(C(F)(F)F)c1. The second kappa shape index (κ2) is 7.00. The molecule has 1 unspecified atom stereocenters. The van der Waals surface area contributed by atoms with Crippen molar-refractivity contribution in [2.75, 3.05) is 6.54 Å². The third kappa shape index (κ3) is 5.74. The van der Waals surface area contributed by atoms with Crippen molar-refractivity contribution in [2.45, 2.75) is 37.9 Å². The summed E-state index contributed by atoms with van der Waals surface area (Å²) in [5.74, 6) is 0. The summed E-state index contributed by atoms with van der Waals surface area (Å²) in [6.45, 7) is 3.13. The van der Waals surface area contributed by atoms with Gasteiger partial charge in [-0.05, 0) is 37.9 Å². The highest BCUT2D eigenvalue weighted by Crippen LogP contribution is 2.29. The first-order valence-corrected chi connectivity index (χ1v) is 6.34. The third-order valence-corrected chi connectivity index (χ3v) is 2.76. The quantitative estimate of drug-likeness (QED) is 0.608. The van der Waals surface area contributed by atoms with E-state index in [-0.39, 0.29) is 5.38 Å². The van der Waals surface area contributed by atoms with E-state index in [1.807, 2.05) is 6.92 Å². The summed E-state index contributed by atoms with van der Waals surface area (Å²) in [7, 11) is 0. The second-order valence-electron chi connectivity index (χ2n) is 4.30. The highest BCUT2D eigenvalue weighted by Gasteiger charge is 2.30. The molecule has 0 fully saturated rings. The number of alkyl halides is 4. The van der Waals surface area contributed by atoms with Gasteiger partial charge in [-0.3, -0.25) is 0 Å². The zero-order chi connectivity index (χ0) is 13.6. The van der Waals surface area contributed by atoms with Crippen LogP contribution in [0.1, 0.15) is 30.9 Å². The van der Waals surface area contributed by atoms with Gasteiger partial charge in [-0.2, -0.15) is 13.2 Å². The standard InChI is InChI=1S/C13H17ClF3N/c1-10(14)4-3-7-18-9-11-5-2-6-12(8-11)13(15,16)17/h2,5-6,8,10,18H,3-4,7,9H2,1H3. The van der Waals surface area contributed by atoms with Crippen molar-refractivity contribution < 1.29 is 13.2 Å². The van der Waals surface area contributed by atoms with Crippen LogP contribution in [0, 0.1) is 0 Å². The predicted molar refractivity (Wildman–Crippen MR) is 67.7 cm³/mol. The van der Waals surface area contributed by atoms with Crippen molar-refractivity contribution in [1.29, 1.82) is 0 Å². The molecule has 0 bridgehead atoms. The summed E-state index contributed by atoms with van der Waals surface area (Å²) < 4.78 is 37.4. The molecule has 1 atom stereocenters.